The molecule has 0 bridgehead atoms. The number of amides is 2. The fourth-order valence-electron chi connectivity index (χ4n) is 1.98. The normalized spacial score (nSPS) is 10.2. The van der Waals surface area contributed by atoms with Crippen molar-refractivity contribution in [1.29, 1.82) is 0 Å². The summed E-state index contributed by atoms with van der Waals surface area (Å²) in [6.07, 6.45) is 3.68. The highest BCUT2D eigenvalue weighted by molar-refractivity contribution is 5.90. The topological polar surface area (TPSA) is 84.2 Å². The number of likely N-dealkylation sites (N-methyl/N-ethyl adjacent to an activating group) is 1. The maximum absolute atomic E-state index is 11.7. The summed E-state index contributed by atoms with van der Waals surface area (Å²) in [6.45, 7) is 3.20. The van der Waals surface area contributed by atoms with Gasteiger partial charge in [-0.05, 0) is 44.0 Å². The number of unbranched alkanes of at least 4 members (excludes halogenated alkanes) is 2. The first kappa shape index (κ1) is 17.2. The van der Waals surface area contributed by atoms with Crippen LogP contribution in [0.15, 0.2) is 24.3 Å². The van der Waals surface area contributed by atoms with Gasteiger partial charge in [0, 0.05) is 18.7 Å². The fraction of sp³-hybridized carbons (Fsp3) is 0.500. The second-order valence-electron chi connectivity index (χ2n) is 4.97. The summed E-state index contributed by atoms with van der Waals surface area (Å²) in [5.41, 5.74) is 7.10. The van der Waals surface area contributed by atoms with Crippen molar-refractivity contribution in [3.63, 3.8) is 0 Å². The van der Waals surface area contributed by atoms with Crippen LogP contribution in [0.5, 0.6) is 0 Å². The number of carbonyl (C=O) groups is 2. The van der Waals surface area contributed by atoms with Gasteiger partial charge in [0.15, 0.2) is 0 Å². The molecular formula is C16H25N3O2. The monoisotopic (exact) mass is 291 g/mol. The number of benzene rings is 1. The summed E-state index contributed by atoms with van der Waals surface area (Å²) in [5.74, 6) is 0.0256. The van der Waals surface area contributed by atoms with E-state index in [4.69, 9.17) is 5.73 Å². The Balaban J connectivity index is 2.36. The van der Waals surface area contributed by atoms with Gasteiger partial charge in [-0.1, -0.05) is 18.6 Å². The van der Waals surface area contributed by atoms with E-state index in [2.05, 4.69) is 10.6 Å². The molecule has 1 aromatic rings. The van der Waals surface area contributed by atoms with Gasteiger partial charge in [-0.25, -0.2) is 0 Å². The Morgan fingerprint density at radius 2 is 1.76 bits per heavy atom. The lowest BCUT2D eigenvalue weighted by Gasteiger charge is -2.07. The number of carbonyl (C=O) groups excluding carboxylic acids is 2. The van der Waals surface area contributed by atoms with E-state index >= 15 is 0 Å². The predicted molar refractivity (Wildman–Crippen MR) is 85.0 cm³/mol. The Morgan fingerprint density at radius 1 is 1.05 bits per heavy atom. The van der Waals surface area contributed by atoms with Crippen LogP contribution in [0, 0.1) is 0 Å². The first-order valence-corrected chi connectivity index (χ1v) is 7.51. The molecule has 0 radical (unpaired) electrons. The van der Waals surface area contributed by atoms with E-state index in [0.717, 1.165) is 30.5 Å². The molecule has 5 heteroatoms. The number of nitrogens with two attached hydrogens (primary N) is 1. The quantitative estimate of drug-likeness (QED) is 0.607. The van der Waals surface area contributed by atoms with Crippen LogP contribution in [0.25, 0.3) is 0 Å². The number of nitrogens with one attached hydrogen (secondary N) is 2. The third kappa shape index (κ3) is 7.46. The minimum Gasteiger partial charge on any atom is -0.356 e. The van der Waals surface area contributed by atoms with Crippen LogP contribution in [0.3, 0.4) is 0 Å². The highest BCUT2D eigenvalue weighted by atomic mass is 16.2. The molecule has 2 amide bonds. The number of anilines is 1. The molecule has 1 aromatic carbocycles. The third-order valence-electron chi connectivity index (χ3n) is 3.08. The Labute approximate surface area is 126 Å². The summed E-state index contributed by atoms with van der Waals surface area (Å²) < 4.78 is 0. The lowest BCUT2D eigenvalue weighted by molar-refractivity contribution is -0.120. The molecule has 21 heavy (non-hydrogen) atoms. The molecule has 0 spiro atoms. The second-order valence-corrected chi connectivity index (χ2v) is 4.97. The van der Waals surface area contributed by atoms with Crippen LogP contribution in [-0.4, -0.2) is 24.9 Å². The Kier molecular flexibility index (Phi) is 8.12. The molecule has 0 aliphatic heterocycles. The summed E-state index contributed by atoms with van der Waals surface area (Å²) in [5, 5.41) is 5.61. The van der Waals surface area contributed by atoms with Gasteiger partial charge in [0.25, 0.3) is 0 Å². The van der Waals surface area contributed by atoms with E-state index in [9.17, 15) is 9.59 Å². The second kappa shape index (κ2) is 9.94. The van der Waals surface area contributed by atoms with Crippen LogP contribution < -0.4 is 16.4 Å². The summed E-state index contributed by atoms with van der Waals surface area (Å²) in [6, 6.07) is 7.37. The van der Waals surface area contributed by atoms with Crippen molar-refractivity contribution in [2.45, 2.75) is 39.0 Å². The maximum atomic E-state index is 11.7. The molecule has 0 aromatic heterocycles. The average Bonchev–Trinajstić information content (AvgIpc) is 2.46. The predicted octanol–water partition coefficient (Wildman–Crippen LogP) is 1.82. The van der Waals surface area contributed by atoms with Gasteiger partial charge in [0.2, 0.25) is 11.8 Å². The summed E-state index contributed by atoms with van der Waals surface area (Å²) in [7, 11) is 0. The van der Waals surface area contributed by atoms with Crippen molar-refractivity contribution in [2.24, 2.45) is 5.73 Å². The van der Waals surface area contributed by atoms with Crippen LogP contribution in [0.1, 0.15) is 38.2 Å². The van der Waals surface area contributed by atoms with E-state index < -0.39 is 0 Å². The molecule has 0 saturated carbocycles. The standard InChI is InChI=1S/C16H25N3O2/c1-2-18-16(21)12-13-7-9-14(10-8-13)19-15(20)6-4-3-5-11-17/h7-10H,2-6,11-12,17H2,1H3,(H,18,21)(H,19,20). The molecule has 0 aliphatic carbocycles. The molecule has 0 aliphatic rings. The van der Waals surface area contributed by atoms with E-state index in [-0.39, 0.29) is 11.8 Å². The first-order chi connectivity index (χ1) is 10.2. The number of rotatable bonds is 9. The van der Waals surface area contributed by atoms with E-state index in [1.807, 2.05) is 31.2 Å². The van der Waals surface area contributed by atoms with Crippen LogP contribution in [-0.2, 0) is 16.0 Å². The summed E-state index contributed by atoms with van der Waals surface area (Å²) >= 11 is 0. The van der Waals surface area contributed by atoms with Gasteiger partial charge < -0.3 is 16.4 Å². The average molecular weight is 291 g/mol. The van der Waals surface area contributed by atoms with E-state index in [1.54, 1.807) is 0 Å². The van der Waals surface area contributed by atoms with Crippen molar-refractivity contribution in [3.05, 3.63) is 29.8 Å². The molecule has 1 rings (SSSR count). The first-order valence-electron chi connectivity index (χ1n) is 7.51. The van der Waals surface area contributed by atoms with Crippen LogP contribution in [0.2, 0.25) is 0 Å². The molecule has 4 N–H and O–H groups in total. The van der Waals surface area contributed by atoms with Gasteiger partial charge in [-0.3, -0.25) is 9.59 Å². The highest BCUT2D eigenvalue weighted by Gasteiger charge is 2.04. The van der Waals surface area contributed by atoms with Crippen LogP contribution >= 0.6 is 0 Å². The molecule has 5 nitrogen and oxygen atoms in total. The molecule has 0 atom stereocenters. The minimum absolute atomic E-state index is 0.00851. The number of hydrogen-bond acceptors (Lipinski definition) is 3. The maximum Gasteiger partial charge on any atom is 0.224 e. The van der Waals surface area contributed by atoms with Gasteiger partial charge in [0.05, 0.1) is 6.42 Å². The van der Waals surface area contributed by atoms with Crippen molar-refractivity contribution < 1.29 is 9.59 Å². The van der Waals surface area contributed by atoms with Gasteiger partial charge in [0.1, 0.15) is 0 Å². The zero-order chi connectivity index (χ0) is 15.5. The summed E-state index contributed by atoms with van der Waals surface area (Å²) in [4.78, 5) is 23.2. The minimum atomic E-state index is 0.00851. The van der Waals surface area contributed by atoms with Crippen molar-refractivity contribution in [1.82, 2.24) is 5.32 Å². The largest absolute Gasteiger partial charge is 0.356 e. The van der Waals surface area contributed by atoms with Crippen molar-refractivity contribution >= 4 is 17.5 Å². The number of hydrogen-bond donors (Lipinski definition) is 3. The lowest BCUT2D eigenvalue weighted by atomic mass is 10.1. The Hall–Kier alpha value is -1.88. The van der Waals surface area contributed by atoms with Crippen LogP contribution in [0.4, 0.5) is 5.69 Å². The van der Waals surface area contributed by atoms with Gasteiger partial charge >= 0.3 is 0 Å². The fourth-order valence-corrected chi connectivity index (χ4v) is 1.98. The van der Waals surface area contributed by atoms with Crippen molar-refractivity contribution in [3.8, 4) is 0 Å². The molecule has 0 fully saturated rings. The molecule has 116 valence electrons. The molecule has 0 unspecified atom stereocenters. The SMILES string of the molecule is CCNC(=O)Cc1ccc(NC(=O)CCCCCN)cc1. The smallest absolute Gasteiger partial charge is 0.224 e. The van der Waals surface area contributed by atoms with Gasteiger partial charge in [-0.15, -0.1) is 0 Å². The van der Waals surface area contributed by atoms with Gasteiger partial charge in [-0.2, -0.15) is 0 Å². The van der Waals surface area contributed by atoms with E-state index in [0.29, 0.717) is 25.9 Å². The zero-order valence-corrected chi connectivity index (χ0v) is 12.7. The third-order valence-corrected chi connectivity index (χ3v) is 3.08. The molecule has 0 heterocycles. The highest BCUT2D eigenvalue weighted by Crippen LogP contribution is 2.11. The zero-order valence-electron chi connectivity index (χ0n) is 12.7. The Bertz CT molecular complexity index is 443. The molecular weight excluding hydrogens is 266 g/mol. The Morgan fingerprint density at radius 3 is 2.38 bits per heavy atom. The molecule has 0 saturated heterocycles. The van der Waals surface area contributed by atoms with Crippen molar-refractivity contribution in [2.75, 3.05) is 18.4 Å². The van der Waals surface area contributed by atoms with E-state index in [1.165, 1.54) is 0 Å². The lowest BCUT2D eigenvalue weighted by Crippen LogP contribution is -2.24.